The van der Waals surface area contributed by atoms with Crippen LogP contribution in [0.4, 0.5) is 0 Å². The minimum absolute atomic E-state index is 0.346. The van der Waals surface area contributed by atoms with E-state index in [9.17, 15) is 0 Å². The van der Waals surface area contributed by atoms with Crippen LogP contribution < -0.4 is 31.8 Å². The normalized spacial score (nSPS) is 9.42. The second-order valence-corrected chi connectivity index (χ2v) is 16.6. The van der Waals surface area contributed by atoms with E-state index in [2.05, 4.69) is 195 Å². The molecule has 0 bridgehead atoms. The van der Waals surface area contributed by atoms with Gasteiger partial charge in [-0.25, -0.2) is 0 Å². The molecule has 0 spiro atoms. The molecule has 0 aliphatic heterocycles. The Morgan fingerprint density at radius 1 is 0.311 bits per heavy atom. The predicted octanol–water partition coefficient (Wildman–Crippen LogP) is 7.66. The zero-order chi connectivity index (χ0) is 32.5. The third kappa shape index (κ3) is 13.0. The summed E-state index contributed by atoms with van der Waals surface area (Å²) in [6, 6.07) is 65.0. The Kier molecular flexibility index (Phi) is 20.4. The second kappa shape index (κ2) is 24.1. The van der Waals surface area contributed by atoms with Gasteiger partial charge in [-0.2, -0.15) is 0 Å². The van der Waals surface area contributed by atoms with Gasteiger partial charge in [0.15, 0.2) is 0 Å². The molecule has 0 saturated heterocycles. The first-order chi connectivity index (χ1) is 22.3. The van der Waals surface area contributed by atoms with Gasteiger partial charge in [0, 0.05) is 0 Å². The van der Waals surface area contributed by atoms with Crippen LogP contribution in [0.15, 0.2) is 182 Å². The smallest absolute Gasteiger partial charge is 0.0620 e. The van der Waals surface area contributed by atoms with Crippen molar-refractivity contribution in [2.24, 2.45) is 0 Å². The molecule has 0 amide bonds. The van der Waals surface area contributed by atoms with Crippen molar-refractivity contribution in [3.63, 3.8) is 0 Å². The minimum atomic E-state index is -0.877. The van der Waals surface area contributed by atoms with E-state index in [-0.39, 0.29) is 15.1 Å². The molecule has 0 saturated carbocycles. The molecule has 0 N–H and O–H groups in total. The van der Waals surface area contributed by atoms with Crippen LogP contribution in [0.25, 0.3) is 0 Å². The van der Waals surface area contributed by atoms with E-state index in [0.29, 0.717) is 0 Å². The summed E-state index contributed by atoms with van der Waals surface area (Å²) in [4.78, 5) is 0. The van der Waals surface area contributed by atoms with Gasteiger partial charge in [-0.1, -0.05) is 109 Å². The van der Waals surface area contributed by atoms with Gasteiger partial charge >= 0.3 is 57.1 Å². The maximum atomic E-state index is 7.50. The zero-order valence-corrected chi connectivity index (χ0v) is 29.5. The number of halogens is 2. The topological polar surface area (TPSA) is 39.8 Å². The first-order valence-corrected chi connectivity index (χ1v) is 21.1. The van der Waals surface area contributed by atoms with Gasteiger partial charge in [-0.15, -0.1) is 0 Å². The molecular weight excluding hydrogens is 722 g/mol. The molecule has 0 atom stereocenters. The summed E-state index contributed by atoms with van der Waals surface area (Å²) in [6.45, 7) is 9.00. The molecule has 224 valence electrons. The van der Waals surface area contributed by atoms with E-state index in [4.69, 9.17) is 28.7 Å². The first kappa shape index (κ1) is 38.0. The molecule has 0 aliphatic rings. The van der Waals surface area contributed by atoms with Crippen molar-refractivity contribution in [1.29, 1.82) is 0 Å². The Bertz CT molecular complexity index is 1300. The Hall–Kier alpha value is -3.14. The van der Waals surface area contributed by atoms with Gasteiger partial charge < -0.3 is 0 Å². The van der Waals surface area contributed by atoms with Gasteiger partial charge in [0.1, 0.15) is 31.8 Å². The fourth-order valence-corrected chi connectivity index (χ4v) is 9.78. The van der Waals surface area contributed by atoms with E-state index >= 15 is 0 Å². The van der Waals surface area contributed by atoms with Crippen LogP contribution in [0.5, 0.6) is 0 Å². The third-order valence-electron chi connectivity index (χ3n) is 6.37. The number of hydrogen-bond acceptors (Lipinski definition) is 0. The van der Waals surface area contributed by atoms with Crippen LogP contribution >= 0.6 is 35.2 Å². The molecule has 6 aromatic rings. The van der Waals surface area contributed by atoms with Crippen molar-refractivity contribution in [3.8, 4) is 0 Å². The summed E-state index contributed by atoms with van der Waals surface area (Å²) in [5.41, 5.74) is 0. The van der Waals surface area contributed by atoms with Crippen molar-refractivity contribution in [2.45, 2.75) is 0 Å². The van der Waals surface area contributed by atoms with Crippen LogP contribution in [0, 0.1) is 13.3 Å². The van der Waals surface area contributed by atoms with Gasteiger partial charge in [0.25, 0.3) is 0 Å². The van der Waals surface area contributed by atoms with Gasteiger partial charge in [-0.05, 0) is 72.8 Å². The molecule has 0 fully saturated rings. The van der Waals surface area contributed by atoms with Crippen LogP contribution in [-0.4, -0.2) is 0 Å². The van der Waals surface area contributed by atoms with E-state index in [1.807, 2.05) is 0 Å². The third-order valence-corrected chi connectivity index (χ3v) is 11.8. The van der Waals surface area contributed by atoms with Crippen molar-refractivity contribution in [3.05, 3.63) is 195 Å². The minimum Gasteiger partial charge on any atom is -0.0620 e. The van der Waals surface area contributed by atoms with Crippen LogP contribution in [-0.2, 0) is 24.4 Å². The van der Waals surface area contributed by atoms with Gasteiger partial charge in [0.05, 0.1) is 15.8 Å². The molecular formula is C38H32Cl2O2P2Ru+4. The maximum Gasteiger partial charge on any atom is 0.102 e. The predicted molar refractivity (Wildman–Crippen MR) is 193 cm³/mol. The molecule has 0 heterocycles. The SMILES string of the molecule is [C-]#[O+].[C-]#[O+].[Cl][Ru+2][Cl].c1ccc([PH+](c2ccccc2)c2ccccc2)cc1.c1ccc([PH+](c2ccccc2)c2ccccc2)cc1. The largest absolute Gasteiger partial charge is 0.102 e. The molecule has 0 aromatic heterocycles. The fourth-order valence-electron chi connectivity index (χ4n) is 4.63. The molecule has 6 rings (SSSR count). The van der Waals surface area contributed by atoms with Crippen LogP contribution in [0.1, 0.15) is 0 Å². The fraction of sp³-hybridized carbons (Fsp3) is 0. The van der Waals surface area contributed by atoms with E-state index < -0.39 is 15.8 Å². The van der Waals surface area contributed by atoms with E-state index in [0.717, 1.165) is 0 Å². The molecule has 0 radical (unpaired) electrons. The van der Waals surface area contributed by atoms with Gasteiger partial charge in [0.2, 0.25) is 0 Å². The maximum absolute atomic E-state index is 7.50. The Balaban J connectivity index is 0.000000262. The standard InChI is InChI=1S/2C18H15P.2CO.2ClH.Ru/c2*1-4-10-16(11-5-1)19(17-12-6-2-7-13-17)18-14-8-3-9-15-18;2*1-2;;;/h2*1-15H;;;2*1H;/q;;;;;;+4. The first-order valence-electron chi connectivity index (χ1n) is 13.6. The molecule has 7 heteroatoms. The van der Waals surface area contributed by atoms with Crippen molar-refractivity contribution in [1.82, 2.24) is 0 Å². The average Bonchev–Trinajstić information content (AvgIpc) is 3.14. The Morgan fingerprint density at radius 3 is 0.533 bits per heavy atom. The van der Waals surface area contributed by atoms with Crippen LogP contribution in [0.3, 0.4) is 0 Å². The van der Waals surface area contributed by atoms with Crippen molar-refractivity contribution >= 4 is 67.1 Å². The monoisotopic (exact) mass is 754 g/mol. The molecule has 0 aliphatic carbocycles. The van der Waals surface area contributed by atoms with E-state index in [1.54, 1.807) is 0 Å². The number of rotatable bonds is 6. The van der Waals surface area contributed by atoms with Crippen molar-refractivity contribution < 1.29 is 24.4 Å². The molecule has 0 unspecified atom stereocenters. The quantitative estimate of drug-likeness (QED) is 0.0726. The Labute approximate surface area is 285 Å². The van der Waals surface area contributed by atoms with Gasteiger partial charge in [-0.3, -0.25) is 0 Å². The molecule has 2 nitrogen and oxygen atoms in total. The summed E-state index contributed by atoms with van der Waals surface area (Å²) in [7, 11) is 7.95. The summed E-state index contributed by atoms with van der Waals surface area (Å²) < 4.78 is 15.0. The summed E-state index contributed by atoms with van der Waals surface area (Å²) in [6.07, 6.45) is 0. The Morgan fingerprint density at radius 2 is 0.422 bits per heavy atom. The van der Waals surface area contributed by atoms with Crippen LogP contribution in [0.2, 0.25) is 0 Å². The van der Waals surface area contributed by atoms with Crippen molar-refractivity contribution in [2.75, 3.05) is 0 Å². The summed E-state index contributed by atoms with van der Waals surface area (Å²) in [5.74, 6) is 0. The summed E-state index contributed by atoms with van der Waals surface area (Å²) in [5, 5.41) is 8.61. The summed E-state index contributed by atoms with van der Waals surface area (Å²) >= 11 is -0.346. The molecule has 6 aromatic carbocycles. The second-order valence-electron chi connectivity index (χ2n) is 9.00. The zero-order valence-electron chi connectivity index (χ0n) is 24.2. The number of hydrogen-bond donors (Lipinski definition) is 0. The number of benzene rings is 6. The molecule has 45 heavy (non-hydrogen) atoms. The average molecular weight is 755 g/mol. The van der Waals surface area contributed by atoms with E-state index in [1.165, 1.54) is 31.8 Å².